The number of amides is 10. The third-order valence-corrected chi connectivity index (χ3v) is 23.0. The summed E-state index contributed by atoms with van der Waals surface area (Å²) >= 11 is 0. The van der Waals surface area contributed by atoms with Gasteiger partial charge in [0.1, 0.15) is 54.4 Å². The predicted molar refractivity (Wildman–Crippen MR) is 373 cm³/mol. The average molecular weight is 1360 g/mol. The van der Waals surface area contributed by atoms with Crippen LogP contribution in [0, 0.1) is 47.3 Å². The Kier molecular flexibility index (Phi) is 36.7. The van der Waals surface area contributed by atoms with Crippen LogP contribution >= 0.6 is 0 Å². The zero-order valence-electron chi connectivity index (χ0n) is 63.2. The Balaban J connectivity index is 4.64. The first-order chi connectivity index (χ1) is 43.9. The third-order valence-electron chi connectivity index (χ3n) is 18.3. The molecule has 0 aromatic rings. The van der Waals surface area contributed by atoms with Crippen LogP contribution in [0.2, 0.25) is 18.1 Å². The molecule has 0 saturated carbocycles. The van der Waals surface area contributed by atoms with Crippen LogP contribution in [0.1, 0.15) is 184 Å². The fraction of sp³-hybridized carbons (Fsp3) is 0.814. The monoisotopic (exact) mass is 1360 g/mol. The number of ether oxygens (including phenoxy) is 1. The Morgan fingerprint density at radius 3 is 1.29 bits per heavy atom. The first-order valence-corrected chi connectivity index (χ1v) is 37.4. The summed E-state index contributed by atoms with van der Waals surface area (Å²) in [5.41, 5.74) is 0. The van der Waals surface area contributed by atoms with Crippen LogP contribution in [0.3, 0.4) is 0 Å². The molecule has 0 bridgehead atoms. The molecule has 1 fully saturated rings. The highest BCUT2D eigenvalue weighted by molar-refractivity contribution is 6.73. The third kappa shape index (κ3) is 25.5. The lowest BCUT2D eigenvalue weighted by Gasteiger charge is -2.44. The van der Waals surface area contributed by atoms with Gasteiger partial charge in [-0.25, -0.2) is 4.79 Å². The van der Waals surface area contributed by atoms with Crippen molar-refractivity contribution in [3.05, 3.63) is 12.2 Å². The number of cyclic esters (lactones) is 1. The topological polar surface area (TPSA) is 294 Å². The lowest BCUT2D eigenvalue weighted by molar-refractivity contribution is -0.166. The van der Waals surface area contributed by atoms with Crippen LogP contribution < -0.4 is 21.3 Å². The molecule has 1 aliphatic heterocycles. The number of nitrogens with zero attached hydrogens (tertiary/aromatic N) is 6. The summed E-state index contributed by atoms with van der Waals surface area (Å²) in [5.74, 6) is -10.7. The van der Waals surface area contributed by atoms with Gasteiger partial charge in [0.2, 0.25) is 53.2 Å². The van der Waals surface area contributed by atoms with Crippen LogP contribution in [0.5, 0.6) is 0 Å². The Hall–Kier alpha value is -5.95. The molecule has 1 rings (SSSR count). The van der Waals surface area contributed by atoms with E-state index in [0.29, 0.717) is 24.6 Å². The zero-order valence-corrected chi connectivity index (χ0v) is 64.2. The van der Waals surface area contributed by atoms with Gasteiger partial charge >= 0.3 is 5.97 Å². The maximum Gasteiger partial charge on any atom is 0.329 e. The molecule has 13 atom stereocenters. The van der Waals surface area contributed by atoms with Crippen molar-refractivity contribution in [2.24, 2.45) is 47.3 Å². The van der Waals surface area contributed by atoms with E-state index in [2.05, 4.69) is 21.3 Å². The molecule has 1 aliphatic rings. The standard InChI is InChI=1S/C70H128N10O14Si/c1-28-32-33-47(19)60(94-95(29-2,30-3)31-4)58-64(86)74-56(49(21)81)67(89)75(22)39-55(82)76(23)52(36-42(9)10)62(84)72-50(34-40(5)6)65(87)77(24)53(37-43(11)12)61(83)71-48(20)70(92)93-59(46(17)18)69(91)78(25)54(38-44(13)14)63(85)73-51(35-41(7)8)66(88)79(26)57(45(15)16)68(90)80(58)27/h28,32,40-54,56-60,81H,29-31,33-39H2,1-27H3,(H,71,83)(H,72,84)(H,73,85)(H,74,86)/b32-28+/t47-,48+,49-,50-,51+,52+,53-,54-,56+,57-,58-,59+,60-/m1/s1. The number of carbonyl (C=O) groups is 11. The lowest BCUT2D eigenvalue weighted by Crippen LogP contribution is -2.65. The Morgan fingerprint density at radius 2 is 0.905 bits per heavy atom. The summed E-state index contributed by atoms with van der Waals surface area (Å²) in [5, 5.41) is 22.8. The minimum Gasteiger partial charge on any atom is -0.450 e. The number of rotatable bonds is 22. The van der Waals surface area contributed by atoms with Crippen molar-refractivity contribution in [3.8, 4) is 0 Å². The number of allylic oxidation sites excluding steroid dienone is 2. The van der Waals surface area contributed by atoms with Crippen molar-refractivity contribution < 1.29 is 67.0 Å². The van der Waals surface area contributed by atoms with Gasteiger partial charge in [0.25, 0.3) is 5.91 Å². The van der Waals surface area contributed by atoms with E-state index in [1.54, 1.807) is 27.7 Å². The smallest absolute Gasteiger partial charge is 0.329 e. The predicted octanol–water partition coefficient (Wildman–Crippen LogP) is 6.38. The number of aliphatic hydroxyl groups is 1. The van der Waals surface area contributed by atoms with Crippen LogP contribution in [-0.2, 0) is 61.9 Å². The molecule has 1 saturated heterocycles. The zero-order chi connectivity index (χ0) is 73.6. The highest BCUT2D eigenvalue weighted by atomic mass is 28.4. The van der Waals surface area contributed by atoms with E-state index in [-0.39, 0.29) is 61.7 Å². The molecule has 0 aromatic heterocycles. The molecule has 10 amide bonds. The highest BCUT2D eigenvalue weighted by Crippen LogP contribution is 2.32. The molecule has 25 heteroatoms. The number of nitrogens with one attached hydrogen (secondary N) is 4. The second kappa shape index (κ2) is 40.1. The van der Waals surface area contributed by atoms with Gasteiger partial charge in [-0.3, -0.25) is 47.9 Å². The van der Waals surface area contributed by atoms with Crippen LogP contribution in [0.15, 0.2) is 12.2 Å². The molecule has 546 valence electrons. The van der Waals surface area contributed by atoms with E-state index < -0.39 is 170 Å². The van der Waals surface area contributed by atoms with Crippen molar-refractivity contribution >= 4 is 73.4 Å². The SMILES string of the molecule is C/C=C/C[C@@H](C)[C@@H](O[Si](CC)(CC)CC)[C@@H]1C(=O)N[C@@H]([C@@H](C)O)C(=O)N(C)CC(=O)N(C)[C@@H](CC(C)C)C(=O)N[C@H](CC(C)C)C(=O)N(C)[C@H](CC(C)C)C(=O)N[C@@H](C)C(=O)O[C@@H](C(C)C)C(=O)N(C)[C@H](CC(C)C)C(=O)N[C@@H](CC(C)C)C(=O)N(C)[C@H](C(C)C)C(=O)N1C. The lowest BCUT2D eigenvalue weighted by atomic mass is 9.91. The summed E-state index contributed by atoms with van der Waals surface area (Å²) in [6, 6.07) is -9.86. The minimum absolute atomic E-state index is 0.103. The fourth-order valence-electron chi connectivity index (χ4n) is 12.3. The van der Waals surface area contributed by atoms with Crippen LogP contribution in [0.4, 0.5) is 0 Å². The highest BCUT2D eigenvalue weighted by Gasteiger charge is 2.48. The van der Waals surface area contributed by atoms with Gasteiger partial charge in [0.05, 0.1) is 18.8 Å². The first-order valence-electron chi connectivity index (χ1n) is 34.9. The van der Waals surface area contributed by atoms with Gasteiger partial charge < -0.3 is 64.9 Å². The van der Waals surface area contributed by atoms with E-state index in [4.69, 9.17) is 9.16 Å². The molecule has 0 radical (unpaired) electrons. The molecule has 0 aliphatic carbocycles. The van der Waals surface area contributed by atoms with Crippen molar-refractivity contribution in [3.63, 3.8) is 0 Å². The van der Waals surface area contributed by atoms with Gasteiger partial charge in [-0.05, 0) is 125 Å². The average Bonchev–Trinajstić information content (AvgIpc) is 0.805. The van der Waals surface area contributed by atoms with Crippen LogP contribution in [-0.4, -0.2) is 229 Å². The number of carbonyl (C=O) groups excluding carboxylic acids is 11. The maximum absolute atomic E-state index is 15.8. The number of aliphatic hydroxyl groups excluding tert-OH is 1. The summed E-state index contributed by atoms with van der Waals surface area (Å²) in [6.07, 6.45) is 0.764. The molecule has 0 unspecified atom stereocenters. The first kappa shape index (κ1) is 87.1. The van der Waals surface area contributed by atoms with Gasteiger partial charge in [0, 0.05) is 42.3 Å². The van der Waals surface area contributed by atoms with Crippen molar-refractivity contribution in [1.82, 2.24) is 50.7 Å². The van der Waals surface area contributed by atoms with E-state index in [1.807, 2.05) is 116 Å². The summed E-state index contributed by atoms with van der Waals surface area (Å²) in [7, 11) is 5.80. The molecule has 0 spiro atoms. The second-order valence-corrected chi connectivity index (χ2v) is 34.3. The van der Waals surface area contributed by atoms with Crippen molar-refractivity contribution in [1.29, 1.82) is 0 Å². The van der Waals surface area contributed by atoms with Gasteiger partial charge in [-0.1, -0.05) is 137 Å². The number of hydrogen-bond donors (Lipinski definition) is 5. The molecule has 24 nitrogen and oxygen atoms in total. The van der Waals surface area contributed by atoms with Crippen molar-refractivity contribution in [2.45, 2.75) is 275 Å². The fourth-order valence-corrected chi connectivity index (χ4v) is 15.2. The Bertz CT molecular complexity index is 2570. The quantitative estimate of drug-likeness (QED) is 0.0447. The molecule has 95 heavy (non-hydrogen) atoms. The van der Waals surface area contributed by atoms with E-state index in [1.165, 1.54) is 80.6 Å². The molecular formula is C70H128N10O14Si. The summed E-state index contributed by atoms with van der Waals surface area (Å²) in [4.78, 5) is 171. The molecule has 5 N–H and O–H groups in total. The van der Waals surface area contributed by atoms with Crippen molar-refractivity contribution in [2.75, 3.05) is 48.8 Å². The van der Waals surface area contributed by atoms with E-state index >= 15 is 14.4 Å². The van der Waals surface area contributed by atoms with Gasteiger partial charge in [-0.2, -0.15) is 0 Å². The van der Waals surface area contributed by atoms with E-state index in [0.717, 1.165) is 4.90 Å². The molecule has 0 aromatic carbocycles. The number of esters is 1. The van der Waals surface area contributed by atoms with E-state index in [9.17, 15) is 43.5 Å². The minimum atomic E-state index is -2.68. The Morgan fingerprint density at radius 1 is 0.505 bits per heavy atom. The number of hydrogen-bond acceptors (Lipinski definition) is 14. The Labute approximate surface area is 571 Å². The largest absolute Gasteiger partial charge is 0.450 e. The molecule has 1 heterocycles. The van der Waals surface area contributed by atoms with Crippen LogP contribution in [0.25, 0.3) is 0 Å². The molecular weight excluding hydrogens is 1230 g/mol. The summed E-state index contributed by atoms with van der Waals surface area (Å²) < 4.78 is 13.2. The second-order valence-electron chi connectivity index (χ2n) is 29.6. The van der Waals surface area contributed by atoms with Gasteiger partial charge in [-0.15, -0.1) is 0 Å². The normalized spacial score (nSPS) is 25.8. The summed E-state index contributed by atoms with van der Waals surface area (Å²) in [6.45, 7) is 37.4. The maximum atomic E-state index is 15.8. The van der Waals surface area contributed by atoms with Gasteiger partial charge in [0.15, 0.2) is 14.4 Å². The number of likely N-dealkylation sites (N-methyl/N-ethyl adjacent to an activating group) is 6.